The van der Waals surface area contributed by atoms with E-state index in [9.17, 15) is 13.9 Å². The third-order valence-corrected chi connectivity index (χ3v) is 2.28. The Morgan fingerprint density at radius 3 is 2.64 bits per heavy atom. The second-order valence-corrected chi connectivity index (χ2v) is 3.15. The van der Waals surface area contributed by atoms with Crippen LogP contribution in [-0.2, 0) is 9.13 Å². The third-order valence-electron chi connectivity index (χ3n) is 1.42. The Morgan fingerprint density at radius 2 is 2.27 bits per heavy atom. The van der Waals surface area contributed by atoms with Crippen LogP contribution in [0.3, 0.4) is 0 Å². The average molecular weight is 178 g/mol. The van der Waals surface area contributed by atoms with E-state index in [4.69, 9.17) is 5.11 Å². The summed E-state index contributed by atoms with van der Waals surface area (Å²) in [5.74, 6) is -1.04. The van der Waals surface area contributed by atoms with Gasteiger partial charge in [-0.2, -0.15) is 0 Å². The van der Waals surface area contributed by atoms with Crippen LogP contribution in [-0.4, -0.2) is 35.1 Å². The first kappa shape index (κ1) is 8.23. The van der Waals surface area contributed by atoms with E-state index in [2.05, 4.69) is 5.32 Å². The number of carbonyl (C=O) groups is 1. The number of hydrogen-bond acceptors (Lipinski definition) is 4. The number of amides is 1. The van der Waals surface area contributed by atoms with Crippen molar-refractivity contribution in [3.63, 3.8) is 0 Å². The molecule has 1 heterocycles. The van der Waals surface area contributed by atoms with Gasteiger partial charge in [-0.05, 0) is 0 Å². The van der Waals surface area contributed by atoms with Crippen molar-refractivity contribution in [2.24, 2.45) is 0 Å². The smallest absolute Gasteiger partial charge is 0.409 e. The maximum atomic E-state index is 10.4. The van der Waals surface area contributed by atoms with Crippen LogP contribution in [0.2, 0.25) is 0 Å². The van der Waals surface area contributed by atoms with Gasteiger partial charge in [-0.15, -0.1) is 0 Å². The van der Waals surface area contributed by atoms with Crippen molar-refractivity contribution < 1.29 is 19.0 Å². The minimum atomic E-state index is -2.74. The predicted octanol–water partition coefficient (Wildman–Crippen LogP) is 0.0261. The van der Waals surface area contributed by atoms with E-state index in [0.717, 1.165) is 4.90 Å². The van der Waals surface area contributed by atoms with E-state index < -0.39 is 19.7 Å². The minimum Gasteiger partial charge on any atom is -0.465 e. The highest BCUT2D eigenvalue weighted by Gasteiger charge is 2.31. The van der Waals surface area contributed by atoms with Gasteiger partial charge in [0.2, 0.25) is 0 Å². The molecule has 11 heavy (non-hydrogen) atoms. The van der Waals surface area contributed by atoms with E-state index in [0.29, 0.717) is 6.54 Å². The summed E-state index contributed by atoms with van der Waals surface area (Å²) >= 11 is 0. The molecule has 2 N–H and O–H groups in total. The van der Waals surface area contributed by atoms with Gasteiger partial charge in [-0.3, -0.25) is 10.2 Å². The molecule has 0 bridgehead atoms. The summed E-state index contributed by atoms with van der Waals surface area (Å²) in [7, 11) is -2.74. The molecule has 1 amide bonds. The van der Waals surface area contributed by atoms with E-state index in [1.807, 2.05) is 0 Å². The highest BCUT2D eigenvalue weighted by atomic mass is 31.1. The topological polar surface area (TPSA) is 86.7 Å². The van der Waals surface area contributed by atoms with Gasteiger partial charge in [-0.25, -0.2) is 13.9 Å². The summed E-state index contributed by atoms with van der Waals surface area (Å²) < 4.78 is 20.8. The highest BCUT2D eigenvalue weighted by Crippen LogP contribution is 2.19. The lowest BCUT2D eigenvalue weighted by atomic mass is 10.6. The quantitative estimate of drug-likeness (QED) is 0.553. The molecule has 6 nitrogen and oxygen atoms in total. The van der Waals surface area contributed by atoms with Crippen LogP contribution < -0.4 is 5.32 Å². The van der Waals surface area contributed by atoms with Crippen LogP contribution in [0.4, 0.5) is 4.79 Å². The Balaban J connectivity index is 2.73. The lowest BCUT2D eigenvalue weighted by Crippen LogP contribution is -2.35. The Labute approximate surface area is 63.0 Å². The van der Waals surface area contributed by atoms with Gasteiger partial charge in [0.1, 0.15) is 0 Å². The van der Waals surface area contributed by atoms with Gasteiger partial charge >= 0.3 is 13.8 Å². The molecular weight excluding hydrogens is 171 g/mol. The van der Waals surface area contributed by atoms with Crippen molar-refractivity contribution in [2.45, 2.75) is 5.91 Å². The summed E-state index contributed by atoms with van der Waals surface area (Å²) in [6.45, 7) is 0.615. The Kier molecular flexibility index (Phi) is 2.26. The minimum absolute atomic E-state index is 0.226. The van der Waals surface area contributed by atoms with Crippen molar-refractivity contribution in [1.82, 2.24) is 10.2 Å². The molecule has 1 fully saturated rings. The molecule has 0 spiro atoms. The van der Waals surface area contributed by atoms with Gasteiger partial charge in [-0.1, -0.05) is 0 Å². The number of nitrogens with zero attached hydrogens (tertiary/aromatic N) is 1. The Bertz CT molecular complexity index is 230. The van der Waals surface area contributed by atoms with Gasteiger partial charge in [0.25, 0.3) is 0 Å². The van der Waals surface area contributed by atoms with Gasteiger partial charge in [0.15, 0.2) is 5.91 Å². The molecule has 1 atom stereocenters. The van der Waals surface area contributed by atoms with Crippen LogP contribution in [0, 0.1) is 0 Å². The second-order valence-electron chi connectivity index (χ2n) is 2.09. The number of carboxylic acid groups (broad SMARTS) is 1. The maximum absolute atomic E-state index is 10.4. The molecule has 7 heteroatoms. The zero-order valence-corrected chi connectivity index (χ0v) is 6.45. The molecular formula is C4H7N2O4P. The normalized spacial score (nSPS) is 23.6. The van der Waals surface area contributed by atoms with E-state index in [-0.39, 0.29) is 6.54 Å². The van der Waals surface area contributed by atoms with Crippen molar-refractivity contribution in [3.05, 3.63) is 0 Å². The first-order valence-electron chi connectivity index (χ1n) is 2.99. The molecule has 1 aliphatic rings. The summed E-state index contributed by atoms with van der Waals surface area (Å²) in [4.78, 5) is 11.2. The van der Waals surface area contributed by atoms with Crippen LogP contribution in [0.5, 0.6) is 0 Å². The number of nitrogens with one attached hydrogen (secondary N) is 1. The van der Waals surface area contributed by atoms with Crippen molar-refractivity contribution in [2.75, 3.05) is 13.1 Å². The van der Waals surface area contributed by atoms with Gasteiger partial charge in [0.05, 0.1) is 0 Å². The lowest BCUT2D eigenvalue weighted by Gasteiger charge is -2.13. The van der Waals surface area contributed by atoms with Crippen LogP contribution in [0.25, 0.3) is 0 Å². The van der Waals surface area contributed by atoms with Crippen LogP contribution in [0.15, 0.2) is 0 Å². The summed E-state index contributed by atoms with van der Waals surface area (Å²) in [6, 6.07) is 0. The fraction of sp³-hybridized carbons (Fsp3) is 0.750. The monoisotopic (exact) mass is 178 g/mol. The SMILES string of the molecule is O=C(O)N1CCNC1P(=O)=O. The molecule has 1 rings (SSSR count). The predicted molar refractivity (Wildman–Crippen MR) is 34.8 cm³/mol. The van der Waals surface area contributed by atoms with E-state index in [1.54, 1.807) is 0 Å². The molecule has 0 aromatic rings. The zero-order valence-electron chi connectivity index (χ0n) is 5.56. The summed E-state index contributed by atoms with van der Waals surface area (Å²) in [6.07, 6.45) is -1.21. The molecule has 0 aromatic heterocycles. The van der Waals surface area contributed by atoms with E-state index in [1.165, 1.54) is 0 Å². The standard InChI is InChI=1S/C4H7N2O4P/c7-4(8)6-2-1-5-3(6)11(9)10/h3,5H,1-2H2,(H,7,8). The zero-order chi connectivity index (χ0) is 8.43. The first-order chi connectivity index (χ1) is 5.13. The molecule has 0 radical (unpaired) electrons. The van der Waals surface area contributed by atoms with Crippen LogP contribution >= 0.6 is 7.68 Å². The highest BCUT2D eigenvalue weighted by molar-refractivity contribution is 7.31. The molecule has 62 valence electrons. The van der Waals surface area contributed by atoms with Crippen LogP contribution in [0.1, 0.15) is 0 Å². The lowest BCUT2D eigenvalue weighted by molar-refractivity contribution is 0.149. The average Bonchev–Trinajstić information content (AvgIpc) is 2.32. The fourth-order valence-electron chi connectivity index (χ4n) is 0.935. The van der Waals surface area contributed by atoms with Gasteiger partial charge < -0.3 is 5.11 Å². The summed E-state index contributed by atoms with van der Waals surface area (Å²) in [5, 5.41) is 11.0. The first-order valence-corrected chi connectivity index (χ1v) is 4.24. The van der Waals surface area contributed by atoms with Gasteiger partial charge in [0, 0.05) is 13.1 Å². The molecule has 0 saturated carbocycles. The molecule has 1 aliphatic heterocycles. The van der Waals surface area contributed by atoms with Crippen molar-refractivity contribution >= 4 is 13.8 Å². The van der Waals surface area contributed by atoms with E-state index >= 15 is 0 Å². The largest absolute Gasteiger partial charge is 0.465 e. The van der Waals surface area contributed by atoms with Crippen molar-refractivity contribution in [1.29, 1.82) is 0 Å². The third kappa shape index (κ3) is 1.58. The molecule has 0 aliphatic carbocycles. The molecule has 1 saturated heterocycles. The second kappa shape index (κ2) is 3.02. The van der Waals surface area contributed by atoms with Crippen molar-refractivity contribution in [3.8, 4) is 0 Å². The fourth-order valence-corrected chi connectivity index (χ4v) is 1.66. The Morgan fingerprint density at radius 1 is 1.64 bits per heavy atom. The molecule has 0 aromatic carbocycles. The maximum Gasteiger partial charge on any atom is 0.409 e. The molecule has 1 unspecified atom stereocenters. The Hall–Kier alpha value is -0.870. The number of hydrogen-bond donors (Lipinski definition) is 2. The number of rotatable bonds is 1. The summed E-state index contributed by atoms with van der Waals surface area (Å²) in [5.41, 5.74) is 0.